The van der Waals surface area contributed by atoms with Crippen molar-refractivity contribution < 1.29 is 4.74 Å². The van der Waals surface area contributed by atoms with E-state index in [1.165, 1.54) is 5.56 Å². The van der Waals surface area contributed by atoms with Crippen molar-refractivity contribution in [2.45, 2.75) is 33.9 Å². The van der Waals surface area contributed by atoms with Crippen LogP contribution in [0.25, 0.3) is 0 Å². The Morgan fingerprint density at radius 3 is 2.57 bits per heavy atom. The van der Waals surface area contributed by atoms with Crippen LogP contribution in [0, 0.1) is 12.8 Å². The summed E-state index contributed by atoms with van der Waals surface area (Å²) in [4.78, 5) is 0. The van der Waals surface area contributed by atoms with Crippen LogP contribution in [-0.2, 0) is 13.1 Å². The van der Waals surface area contributed by atoms with E-state index in [1.807, 2.05) is 36.0 Å². The zero-order chi connectivity index (χ0) is 15.1. The van der Waals surface area contributed by atoms with Crippen LogP contribution in [0.5, 0.6) is 5.75 Å². The first-order valence-corrected chi connectivity index (χ1v) is 7.56. The Labute approximate surface area is 127 Å². The van der Waals surface area contributed by atoms with Gasteiger partial charge in [-0.1, -0.05) is 26.0 Å². The average molecular weight is 287 g/mol. The van der Waals surface area contributed by atoms with Gasteiger partial charge in [-0.3, -0.25) is 4.68 Å². The lowest BCUT2D eigenvalue weighted by Gasteiger charge is -2.10. The monoisotopic (exact) mass is 287 g/mol. The molecular weight excluding hydrogens is 262 g/mol. The lowest BCUT2D eigenvalue weighted by molar-refractivity contribution is 0.290. The number of ether oxygens (including phenoxy) is 1. The number of aryl methyl sites for hydroxylation is 1. The third-order valence-corrected chi connectivity index (χ3v) is 3.31. The standard InChI is InChI=1S/C17H25N3O/c1-14(2)12-18-13-16-4-6-17(7-5-16)21-11-10-20-15(3)8-9-19-20/h4-9,14,18H,10-13H2,1-3H3. The molecule has 4 heteroatoms. The van der Waals surface area contributed by atoms with Gasteiger partial charge in [0.05, 0.1) is 6.54 Å². The maximum Gasteiger partial charge on any atom is 0.119 e. The molecule has 1 N–H and O–H groups in total. The van der Waals surface area contributed by atoms with Crippen molar-refractivity contribution in [2.75, 3.05) is 13.2 Å². The van der Waals surface area contributed by atoms with Gasteiger partial charge in [-0.25, -0.2) is 0 Å². The van der Waals surface area contributed by atoms with Crippen LogP contribution in [0.3, 0.4) is 0 Å². The molecule has 0 fully saturated rings. The summed E-state index contributed by atoms with van der Waals surface area (Å²) in [6.07, 6.45) is 1.81. The Hall–Kier alpha value is -1.81. The maximum atomic E-state index is 5.75. The molecule has 0 bridgehead atoms. The van der Waals surface area contributed by atoms with Gasteiger partial charge in [0.2, 0.25) is 0 Å². The molecule has 1 aromatic carbocycles. The summed E-state index contributed by atoms with van der Waals surface area (Å²) >= 11 is 0. The van der Waals surface area contributed by atoms with Crippen LogP contribution in [0.15, 0.2) is 36.5 Å². The summed E-state index contributed by atoms with van der Waals surface area (Å²) in [6.45, 7) is 9.83. The highest BCUT2D eigenvalue weighted by molar-refractivity contribution is 5.27. The van der Waals surface area contributed by atoms with Crippen LogP contribution in [0.4, 0.5) is 0 Å². The van der Waals surface area contributed by atoms with E-state index in [-0.39, 0.29) is 0 Å². The lowest BCUT2D eigenvalue weighted by Crippen LogP contribution is -2.18. The second-order valence-electron chi connectivity index (χ2n) is 5.71. The molecule has 0 unspecified atom stereocenters. The Morgan fingerprint density at radius 2 is 1.95 bits per heavy atom. The zero-order valence-corrected chi connectivity index (χ0v) is 13.2. The highest BCUT2D eigenvalue weighted by atomic mass is 16.5. The number of nitrogens with one attached hydrogen (secondary N) is 1. The SMILES string of the molecule is Cc1ccnn1CCOc1ccc(CNCC(C)C)cc1. The molecule has 0 amide bonds. The molecule has 0 aliphatic rings. The molecule has 0 radical (unpaired) electrons. The van der Waals surface area contributed by atoms with Gasteiger partial charge >= 0.3 is 0 Å². The molecule has 4 nitrogen and oxygen atoms in total. The zero-order valence-electron chi connectivity index (χ0n) is 13.2. The topological polar surface area (TPSA) is 39.1 Å². The van der Waals surface area contributed by atoms with E-state index in [4.69, 9.17) is 4.74 Å². The molecule has 1 aromatic heterocycles. The second-order valence-corrected chi connectivity index (χ2v) is 5.71. The summed E-state index contributed by atoms with van der Waals surface area (Å²) in [7, 11) is 0. The average Bonchev–Trinajstić information content (AvgIpc) is 2.86. The highest BCUT2D eigenvalue weighted by Crippen LogP contribution is 2.12. The van der Waals surface area contributed by atoms with Crippen molar-refractivity contribution in [1.82, 2.24) is 15.1 Å². The fourth-order valence-corrected chi connectivity index (χ4v) is 2.09. The van der Waals surface area contributed by atoms with Gasteiger partial charge in [-0.2, -0.15) is 5.10 Å². The summed E-state index contributed by atoms with van der Waals surface area (Å²) in [6, 6.07) is 10.3. The van der Waals surface area contributed by atoms with Crippen molar-refractivity contribution in [3.8, 4) is 5.75 Å². The van der Waals surface area contributed by atoms with E-state index in [0.29, 0.717) is 12.5 Å². The minimum absolute atomic E-state index is 0.632. The van der Waals surface area contributed by atoms with Gasteiger partial charge < -0.3 is 10.1 Å². The molecule has 114 valence electrons. The van der Waals surface area contributed by atoms with Crippen molar-refractivity contribution in [2.24, 2.45) is 5.92 Å². The Balaban J connectivity index is 1.73. The minimum Gasteiger partial charge on any atom is -0.492 e. The second kappa shape index (κ2) is 7.84. The molecular formula is C17H25N3O. The Morgan fingerprint density at radius 1 is 1.19 bits per heavy atom. The fraction of sp³-hybridized carbons (Fsp3) is 0.471. The van der Waals surface area contributed by atoms with E-state index in [1.54, 1.807) is 0 Å². The number of benzene rings is 1. The molecule has 0 saturated carbocycles. The predicted octanol–water partition coefficient (Wildman–Crippen LogP) is 3.02. The van der Waals surface area contributed by atoms with Crippen LogP contribution < -0.4 is 10.1 Å². The molecule has 1 heterocycles. The molecule has 21 heavy (non-hydrogen) atoms. The van der Waals surface area contributed by atoms with Crippen molar-refractivity contribution in [3.63, 3.8) is 0 Å². The van der Waals surface area contributed by atoms with Gasteiger partial charge in [0, 0.05) is 18.4 Å². The first-order chi connectivity index (χ1) is 10.1. The molecule has 0 aliphatic carbocycles. The lowest BCUT2D eigenvalue weighted by atomic mass is 10.2. The Bertz CT molecular complexity index is 531. The van der Waals surface area contributed by atoms with Crippen LogP contribution in [-0.4, -0.2) is 22.9 Å². The third kappa shape index (κ3) is 5.23. The number of hydrogen-bond donors (Lipinski definition) is 1. The van der Waals surface area contributed by atoms with E-state index in [0.717, 1.165) is 31.1 Å². The number of nitrogens with zero attached hydrogens (tertiary/aromatic N) is 2. The summed E-state index contributed by atoms with van der Waals surface area (Å²) < 4.78 is 7.70. The molecule has 0 atom stereocenters. The van der Waals surface area contributed by atoms with E-state index >= 15 is 0 Å². The maximum absolute atomic E-state index is 5.75. The van der Waals surface area contributed by atoms with Crippen LogP contribution >= 0.6 is 0 Å². The Kier molecular flexibility index (Phi) is 5.81. The van der Waals surface area contributed by atoms with Crippen LogP contribution in [0.2, 0.25) is 0 Å². The first-order valence-electron chi connectivity index (χ1n) is 7.56. The normalized spacial score (nSPS) is 11.0. The highest BCUT2D eigenvalue weighted by Gasteiger charge is 1.99. The molecule has 2 aromatic rings. The van der Waals surface area contributed by atoms with Gasteiger partial charge in [-0.15, -0.1) is 0 Å². The van der Waals surface area contributed by atoms with Crippen molar-refractivity contribution in [3.05, 3.63) is 47.8 Å². The van der Waals surface area contributed by atoms with Gasteiger partial charge in [0.1, 0.15) is 12.4 Å². The quantitative estimate of drug-likeness (QED) is 0.811. The fourth-order valence-electron chi connectivity index (χ4n) is 2.09. The molecule has 2 rings (SSSR count). The number of rotatable bonds is 8. The van der Waals surface area contributed by atoms with E-state index < -0.39 is 0 Å². The summed E-state index contributed by atoms with van der Waals surface area (Å²) in [5.41, 5.74) is 2.44. The van der Waals surface area contributed by atoms with Crippen molar-refractivity contribution >= 4 is 0 Å². The number of aromatic nitrogens is 2. The third-order valence-electron chi connectivity index (χ3n) is 3.31. The van der Waals surface area contributed by atoms with Gasteiger partial charge in [-0.05, 0) is 43.1 Å². The van der Waals surface area contributed by atoms with Gasteiger partial charge in [0.25, 0.3) is 0 Å². The van der Waals surface area contributed by atoms with E-state index in [2.05, 4.69) is 36.4 Å². The first kappa shape index (κ1) is 15.6. The predicted molar refractivity (Wildman–Crippen MR) is 85.4 cm³/mol. The van der Waals surface area contributed by atoms with Gasteiger partial charge in [0.15, 0.2) is 0 Å². The summed E-state index contributed by atoms with van der Waals surface area (Å²) in [5.74, 6) is 1.59. The molecule has 0 saturated heterocycles. The van der Waals surface area contributed by atoms with Crippen LogP contribution in [0.1, 0.15) is 25.1 Å². The number of hydrogen-bond acceptors (Lipinski definition) is 3. The van der Waals surface area contributed by atoms with Crippen molar-refractivity contribution in [1.29, 1.82) is 0 Å². The molecule has 0 aliphatic heterocycles. The minimum atomic E-state index is 0.632. The smallest absolute Gasteiger partial charge is 0.119 e. The largest absolute Gasteiger partial charge is 0.492 e. The van der Waals surface area contributed by atoms with E-state index in [9.17, 15) is 0 Å². The summed E-state index contributed by atoms with van der Waals surface area (Å²) in [5, 5.41) is 7.67. The molecule has 0 spiro atoms.